The molecule has 3 aromatic carbocycles. The maximum absolute atomic E-state index is 13.3. The Labute approximate surface area is 211 Å². The fourth-order valence-corrected chi connectivity index (χ4v) is 3.90. The molecule has 172 valence electrons. The number of carbonyl (C=O) groups excluding carboxylic acids is 2. The third-order valence-corrected chi connectivity index (χ3v) is 6.30. The van der Waals surface area contributed by atoms with Crippen molar-refractivity contribution in [3.05, 3.63) is 98.4 Å². The van der Waals surface area contributed by atoms with Crippen molar-refractivity contribution < 1.29 is 14.3 Å². The van der Waals surface area contributed by atoms with Gasteiger partial charge >= 0.3 is 0 Å². The van der Waals surface area contributed by atoms with Gasteiger partial charge in [-0.3, -0.25) is 9.59 Å². The van der Waals surface area contributed by atoms with Gasteiger partial charge < -0.3 is 15.0 Å². The molecule has 0 heterocycles. The smallest absolute Gasteiger partial charge is 0.261 e. The predicted octanol–water partition coefficient (Wildman–Crippen LogP) is 5.52. The van der Waals surface area contributed by atoms with Crippen LogP contribution in [0.4, 0.5) is 0 Å². The van der Waals surface area contributed by atoms with Crippen LogP contribution in [0.25, 0.3) is 0 Å². The number of carbonyl (C=O) groups is 2. The number of rotatable bonds is 9. The van der Waals surface area contributed by atoms with Crippen LogP contribution >= 0.6 is 39.1 Å². The summed E-state index contributed by atoms with van der Waals surface area (Å²) in [5, 5.41) is 3.48. The summed E-state index contributed by atoms with van der Waals surface area (Å²) in [5.41, 5.74) is 1.69. The number of ether oxygens (including phenoxy) is 1. The molecule has 0 aromatic heterocycles. The molecule has 5 nitrogen and oxygen atoms in total. The van der Waals surface area contributed by atoms with Crippen molar-refractivity contribution in [2.45, 2.75) is 19.0 Å². The normalized spacial score (nSPS) is 11.5. The largest absolute Gasteiger partial charge is 0.484 e. The fraction of sp³-hybridized carbons (Fsp3) is 0.200. The Hall–Kier alpha value is -2.54. The van der Waals surface area contributed by atoms with Gasteiger partial charge in [-0.15, -0.1) is 0 Å². The van der Waals surface area contributed by atoms with E-state index >= 15 is 0 Å². The monoisotopic (exact) mass is 548 g/mol. The fourth-order valence-electron chi connectivity index (χ4n) is 3.31. The van der Waals surface area contributed by atoms with Crippen molar-refractivity contribution in [1.82, 2.24) is 10.2 Å². The van der Waals surface area contributed by atoms with Gasteiger partial charge in [0, 0.05) is 24.5 Å². The van der Waals surface area contributed by atoms with Crippen LogP contribution in [0.5, 0.6) is 5.75 Å². The maximum atomic E-state index is 13.3. The average Bonchev–Trinajstić information content (AvgIpc) is 2.83. The number of benzene rings is 3. The third-order valence-electron chi connectivity index (χ3n) is 5.03. The number of amides is 2. The topological polar surface area (TPSA) is 58.6 Å². The van der Waals surface area contributed by atoms with Crippen LogP contribution in [-0.2, 0) is 22.6 Å². The summed E-state index contributed by atoms with van der Waals surface area (Å²) >= 11 is 15.6. The minimum Gasteiger partial charge on any atom is -0.484 e. The molecule has 3 rings (SSSR count). The molecule has 0 radical (unpaired) electrons. The SMILES string of the molecule is CNC(=O)[C@H](Cc1ccccc1)N(Cc1ccc(Cl)c(Cl)c1)C(=O)COc1ccc(Br)cc1. The molecule has 0 spiro atoms. The van der Waals surface area contributed by atoms with E-state index in [1.54, 1.807) is 37.4 Å². The number of likely N-dealkylation sites (N-methyl/N-ethyl adjacent to an activating group) is 1. The highest BCUT2D eigenvalue weighted by molar-refractivity contribution is 9.10. The molecule has 0 aliphatic rings. The van der Waals surface area contributed by atoms with Crippen molar-refractivity contribution in [1.29, 1.82) is 0 Å². The Morgan fingerprint density at radius 3 is 2.30 bits per heavy atom. The molecular formula is C25H23BrCl2N2O3. The molecule has 0 saturated heterocycles. The first-order valence-corrected chi connectivity index (χ1v) is 11.8. The molecule has 0 unspecified atom stereocenters. The number of nitrogens with zero attached hydrogens (tertiary/aromatic N) is 1. The van der Waals surface area contributed by atoms with E-state index in [2.05, 4.69) is 21.2 Å². The van der Waals surface area contributed by atoms with Crippen molar-refractivity contribution in [3.63, 3.8) is 0 Å². The zero-order chi connectivity index (χ0) is 23.8. The lowest BCUT2D eigenvalue weighted by atomic mass is 10.0. The second-order valence-electron chi connectivity index (χ2n) is 7.33. The lowest BCUT2D eigenvalue weighted by molar-refractivity contribution is -0.142. The van der Waals surface area contributed by atoms with E-state index in [9.17, 15) is 9.59 Å². The summed E-state index contributed by atoms with van der Waals surface area (Å²) in [6, 6.07) is 21.2. The third kappa shape index (κ3) is 7.22. The highest BCUT2D eigenvalue weighted by atomic mass is 79.9. The first-order chi connectivity index (χ1) is 15.9. The summed E-state index contributed by atoms with van der Waals surface area (Å²) in [4.78, 5) is 27.7. The zero-order valence-corrected chi connectivity index (χ0v) is 21.0. The summed E-state index contributed by atoms with van der Waals surface area (Å²) in [6.45, 7) is -0.0461. The van der Waals surface area contributed by atoms with E-state index in [0.717, 1.165) is 15.6 Å². The van der Waals surface area contributed by atoms with Gasteiger partial charge in [0.2, 0.25) is 5.91 Å². The standard InChI is InChI=1S/C25H23BrCl2N2O3/c1-29-25(32)23(14-17-5-3-2-4-6-17)30(15-18-7-12-21(27)22(28)13-18)24(31)16-33-20-10-8-19(26)9-11-20/h2-13,23H,14-16H2,1H3,(H,29,32)/t23-/m0/s1. The van der Waals surface area contributed by atoms with Crippen LogP contribution in [0.3, 0.4) is 0 Å². The number of halogens is 3. The predicted molar refractivity (Wildman–Crippen MR) is 135 cm³/mol. The molecule has 8 heteroatoms. The van der Waals surface area contributed by atoms with Crippen molar-refractivity contribution in [2.75, 3.05) is 13.7 Å². The van der Waals surface area contributed by atoms with Crippen LogP contribution in [0.15, 0.2) is 77.3 Å². The zero-order valence-electron chi connectivity index (χ0n) is 17.9. The van der Waals surface area contributed by atoms with Gasteiger partial charge in [0.25, 0.3) is 5.91 Å². The molecule has 3 aromatic rings. The number of nitrogens with one attached hydrogen (secondary N) is 1. The molecule has 0 aliphatic heterocycles. The van der Waals surface area contributed by atoms with E-state index < -0.39 is 6.04 Å². The molecule has 2 amide bonds. The summed E-state index contributed by atoms with van der Waals surface area (Å²) < 4.78 is 6.61. The molecule has 0 aliphatic carbocycles. The van der Waals surface area contributed by atoms with Gasteiger partial charge in [-0.1, -0.05) is 75.5 Å². The Morgan fingerprint density at radius 1 is 0.970 bits per heavy atom. The highest BCUT2D eigenvalue weighted by Crippen LogP contribution is 2.24. The Kier molecular flexibility index (Phi) is 9.18. The second-order valence-corrected chi connectivity index (χ2v) is 9.06. The van der Waals surface area contributed by atoms with E-state index in [-0.39, 0.29) is 25.0 Å². The van der Waals surface area contributed by atoms with Gasteiger partial charge in [-0.2, -0.15) is 0 Å². The summed E-state index contributed by atoms with van der Waals surface area (Å²) in [5.74, 6) is -0.0370. The number of hydrogen-bond acceptors (Lipinski definition) is 3. The van der Waals surface area contributed by atoms with Crippen molar-refractivity contribution >= 4 is 50.9 Å². The number of hydrogen-bond donors (Lipinski definition) is 1. The van der Waals surface area contributed by atoms with Crippen molar-refractivity contribution in [2.24, 2.45) is 0 Å². The van der Waals surface area contributed by atoms with Crippen LogP contribution in [0.1, 0.15) is 11.1 Å². The van der Waals surface area contributed by atoms with Crippen LogP contribution < -0.4 is 10.1 Å². The van der Waals surface area contributed by atoms with Crippen LogP contribution in [0.2, 0.25) is 10.0 Å². The van der Waals surface area contributed by atoms with Gasteiger partial charge in [0.05, 0.1) is 10.0 Å². The quantitative estimate of drug-likeness (QED) is 0.382. The summed E-state index contributed by atoms with van der Waals surface area (Å²) in [7, 11) is 1.56. The first kappa shape index (κ1) is 25.1. The van der Waals surface area contributed by atoms with Gasteiger partial charge in [-0.25, -0.2) is 0 Å². The van der Waals surface area contributed by atoms with E-state index in [0.29, 0.717) is 22.2 Å². The maximum Gasteiger partial charge on any atom is 0.261 e. The summed E-state index contributed by atoms with van der Waals surface area (Å²) in [6.07, 6.45) is 0.353. The molecule has 0 fully saturated rings. The molecular weight excluding hydrogens is 527 g/mol. The lowest BCUT2D eigenvalue weighted by Crippen LogP contribution is -2.51. The molecule has 0 saturated carbocycles. The molecule has 33 heavy (non-hydrogen) atoms. The van der Waals surface area contributed by atoms with Gasteiger partial charge in [0.1, 0.15) is 11.8 Å². The highest BCUT2D eigenvalue weighted by Gasteiger charge is 2.30. The Bertz CT molecular complexity index is 1090. The minimum absolute atomic E-state index is 0.171. The molecule has 0 bridgehead atoms. The second kappa shape index (κ2) is 12.1. The molecule has 1 atom stereocenters. The average molecular weight is 550 g/mol. The van der Waals surface area contributed by atoms with Crippen molar-refractivity contribution in [3.8, 4) is 5.75 Å². The van der Waals surface area contributed by atoms with E-state index in [4.69, 9.17) is 27.9 Å². The first-order valence-electron chi connectivity index (χ1n) is 10.2. The van der Waals surface area contributed by atoms with Crippen LogP contribution in [-0.4, -0.2) is 36.4 Å². The molecule has 1 N–H and O–H groups in total. The van der Waals surface area contributed by atoms with Gasteiger partial charge in [0.15, 0.2) is 6.61 Å². The Balaban J connectivity index is 1.88. The lowest BCUT2D eigenvalue weighted by Gasteiger charge is -2.31. The van der Waals surface area contributed by atoms with E-state index in [1.165, 1.54) is 4.90 Å². The van der Waals surface area contributed by atoms with Crippen LogP contribution in [0, 0.1) is 0 Å². The van der Waals surface area contributed by atoms with Gasteiger partial charge in [-0.05, 0) is 47.5 Å². The van der Waals surface area contributed by atoms with E-state index in [1.807, 2.05) is 42.5 Å². The minimum atomic E-state index is -0.743. The Morgan fingerprint density at radius 2 is 1.67 bits per heavy atom.